The van der Waals surface area contributed by atoms with Crippen molar-refractivity contribution in [2.24, 2.45) is 0 Å². The number of hydrogen-bond acceptors (Lipinski definition) is 5. The van der Waals surface area contributed by atoms with Gasteiger partial charge in [0.15, 0.2) is 6.10 Å². The molecular weight excluding hydrogens is 382 g/mol. The van der Waals surface area contributed by atoms with E-state index in [4.69, 9.17) is 9.15 Å². The number of carbonyl (C=O) groups excluding carboxylic acids is 2. The number of aryl methyl sites for hydroxylation is 3. The van der Waals surface area contributed by atoms with Crippen LogP contribution in [0, 0.1) is 6.92 Å². The standard InChI is InChI=1S/C24H41NO5/c1-6-7-10-13-20-16-19(2)22(29-20)14-11-8-9-12-15-24(28)30-21(17-23(26)27)18-25(3,4)5/h16,21H,6-15,17-18H2,1-5H3. The highest BCUT2D eigenvalue weighted by molar-refractivity contribution is 5.70. The van der Waals surface area contributed by atoms with Gasteiger partial charge in [-0.3, -0.25) is 4.79 Å². The highest BCUT2D eigenvalue weighted by Gasteiger charge is 2.22. The van der Waals surface area contributed by atoms with Crippen molar-refractivity contribution in [3.8, 4) is 0 Å². The van der Waals surface area contributed by atoms with Crippen molar-refractivity contribution < 1.29 is 28.3 Å². The summed E-state index contributed by atoms with van der Waals surface area (Å²) in [5, 5.41) is 10.9. The number of carboxylic acid groups (broad SMARTS) is 1. The predicted molar refractivity (Wildman–Crippen MR) is 116 cm³/mol. The molecule has 0 aliphatic heterocycles. The number of unbranched alkanes of at least 4 members (excludes halogenated alkanes) is 5. The zero-order valence-electron chi connectivity index (χ0n) is 19.6. The average Bonchev–Trinajstić information content (AvgIpc) is 2.95. The second-order valence-corrected chi connectivity index (χ2v) is 9.35. The Morgan fingerprint density at radius 3 is 2.37 bits per heavy atom. The van der Waals surface area contributed by atoms with Crippen LogP contribution in [0.1, 0.15) is 81.8 Å². The molecule has 0 bridgehead atoms. The Morgan fingerprint density at radius 1 is 1.07 bits per heavy atom. The van der Waals surface area contributed by atoms with Gasteiger partial charge in [0.2, 0.25) is 0 Å². The van der Waals surface area contributed by atoms with E-state index in [2.05, 4.69) is 19.9 Å². The van der Waals surface area contributed by atoms with E-state index in [1.165, 1.54) is 24.8 Å². The molecule has 6 heteroatoms. The zero-order valence-corrected chi connectivity index (χ0v) is 19.6. The van der Waals surface area contributed by atoms with Crippen LogP contribution in [-0.2, 0) is 27.2 Å². The Kier molecular flexibility index (Phi) is 11.8. The number of hydrogen-bond donors (Lipinski definition) is 0. The molecule has 0 spiro atoms. The summed E-state index contributed by atoms with van der Waals surface area (Å²) in [6.45, 7) is 4.76. The third-order valence-electron chi connectivity index (χ3n) is 5.08. The summed E-state index contributed by atoms with van der Waals surface area (Å²) in [4.78, 5) is 23.0. The van der Waals surface area contributed by atoms with Gasteiger partial charge in [-0.2, -0.15) is 0 Å². The lowest BCUT2D eigenvalue weighted by Gasteiger charge is -2.29. The number of quaternary nitrogens is 1. The number of esters is 1. The summed E-state index contributed by atoms with van der Waals surface area (Å²) in [7, 11) is 5.81. The van der Waals surface area contributed by atoms with Gasteiger partial charge in [-0.1, -0.05) is 32.6 Å². The van der Waals surface area contributed by atoms with Gasteiger partial charge in [0.25, 0.3) is 0 Å². The number of nitrogens with zero attached hydrogens (tertiary/aromatic N) is 1. The van der Waals surface area contributed by atoms with Gasteiger partial charge in [-0.15, -0.1) is 0 Å². The van der Waals surface area contributed by atoms with E-state index in [0.717, 1.165) is 50.0 Å². The topological polar surface area (TPSA) is 79.6 Å². The summed E-state index contributed by atoms with van der Waals surface area (Å²) in [6.07, 6.45) is 8.76. The Balaban J connectivity index is 2.25. The van der Waals surface area contributed by atoms with Gasteiger partial charge in [-0.05, 0) is 37.8 Å². The molecule has 0 radical (unpaired) electrons. The maximum Gasteiger partial charge on any atom is 0.306 e. The number of carboxylic acids is 1. The summed E-state index contributed by atoms with van der Waals surface area (Å²) in [5.74, 6) is 0.668. The molecule has 172 valence electrons. The first-order valence-electron chi connectivity index (χ1n) is 11.4. The fourth-order valence-electron chi connectivity index (χ4n) is 3.60. The predicted octanol–water partition coefficient (Wildman–Crippen LogP) is 3.57. The van der Waals surface area contributed by atoms with E-state index in [0.29, 0.717) is 17.4 Å². The molecule has 1 unspecified atom stereocenters. The van der Waals surface area contributed by atoms with Crippen molar-refractivity contribution >= 4 is 11.9 Å². The number of rotatable bonds is 16. The first-order chi connectivity index (χ1) is 14.1. The first-order valence-corrected chi connectivity index (χ1v) is 11.4. The van der Waals surface area contributed by atoms with Crippen LogP contribution in [0.2, 0.25) is 0 Å². The van der Waals surface area contributed by atoms with Gasteiger partial charge in [0.1, 0.15) is 18.1 Å². The molecule has 0 N–H and O–H groups in total. The number of carbonyl (C=O) groups is 2. The summed E-state index contributed by atoms with van der Waals surface area (Å²) < 4.78 is 11.9. The van der Waals surface area contributed by atoms with Gasteiger partial charge < -0.3 is 23.5 Å². The van der Waals surface area contributed by atoms with Crippen molar-refractivity contribution in [1.82, 2.24) is 0 Å². The van der Waals surface area contributed by atoms with Crippen molar-refractivity contribution in [3.63, 3.8) is 0 Å². The number of aliphatic carboxylic acids is 1. The molecule has 30 heavy (non-hydrogen) atoms. The Morgan fingerprint density at radius 2 is 1.73 bits per heavy atom. The van der Waals surface area contributed by atoms with Crippen molar-refractivity contribution in [2.75, 3.05) is 27.7 Å². The molecule has 0 aromatic carbocycles. The molecule has 1 atom stereocenters. The van der Waals surface area contributed by atoms with Crippen LogP contribution in [0.5, 0.6) is 0 Å². The molecule has 0 fully saturated rings. The number of furan rings is 1. The summed E-state index contributed by atoms with van der Waals surface area (Å²) in [5.41, 5.74) is 1.24. The van der Waals surface area contributed by atoms with Crippen molar-refractivity contribution in [1.29, 1.82) is 0 Å². The van der Waals surface area contributed by atoms with Gasteiger partial charge in [0.05, 0.1) is 21.1 Å². The van der Waals surface area contributed by atoms with Crippen LogP contribution in [0.25, 0.3) is 0 Å². The minimum atomic E-state index is -1.19. The first kappa shape index (κ1) is 26.2. The lowest BCUT2D eigenvalue weighted by Crippen LogP contribution is -2.45. The molecular formula is C24H41NO5. The fourth-order valence-corrected chi connectivity index (χ4v) is 3.60. The van der Waals surface area contributed by atoms with E-state index in [1.54, 1.807) is 0 Å². The Hall–Kier alpha value is -1.82. The van der Waals surface area contributed by atoms with Crippen LogP contribution >= 0.6 is 0 Å². The highest BCUT2D eigenvalue weighted by atomic mass is 16.5. The molecule has 1 rings (SSSR count). The maximum absolute atomic E-state index is 12.1. The lowest BCUT2D eigenvalue weighted by molar-refractivity contribution is -0.873. The van der Waals surface area contributed by atoms with Crippen molar-refractivity contribution in [2.45, 2.75) is 90.6 Å². The normalized spacial score (nSPS) is 12.7. The zero-order chi connectivity index (χ0) is 22.6. The molecule has 6 nitrogen and oxygen atoms in total. The maximum atomic E-state index is 12.1. The molecule has 0 aliphatic carbocycles. The van der Waals surface area contributed by atoms with Crippen LogP contribution in [0.15, 0.2) is 10.5 Å². The number of ether oxygens (including phenoxy) is 1. The van der Waals surface area contributed by atoms with Gasteiger partial charge >= 0.3 is 5.97 Å². The summed E-state index contributed by atoms with van der Waals surface area (Å²) in [6, 6.07) is 2.17. The second kappa shape index (κ2) is 13.5. The van der Waals surface area contributed by atoms with Crippen LogP contribution in [-0.4, -0.2) is 50.2 Å². The van der Waals surface area contributed by atoms with Crippen LogP contribution < -0.4 is 5.11 Å². The van der Waals surface area contributed by atoms with E-state index >= 15 is 0 Å². The monoisotopic (exact) mass is 423 g/mol. The third-order valence-corrected chi connectivity index (χ3v) is 5.08. The van der Waals surface area contributed by atoms with Crippen LogP contribution in [0.3, 0.4) is 0 Å². The average molecular weight is 424 g/mol. The molecule has 1 aromatic heterocycles. The van der Waals surface area contributed by atoms with Gasteiger partial charge in [-0.25, -0.2) is 0 Å². The van der Waals surface area contributed by atoms with Crippen molar-refractivity contribution in [3.05, 3.63) is 23.2 Å². The fraction of sp³-hybridized carbons (Fsp3) is 0.750. The molecule has 0 amide bonds. The van der Waals surface area contributed by atoms with E-state index in [1.807, 2.05) is 21.1 Å². The molecule has 1 heterocycles. The minimum absolute atomic E-state index is 0.260. The van der Waals surface area contributed by atoms with Crippen LogP contribution in [0.4, 0.5) is 0 Å². The van der Waals surface area contributed by atoms with Gasteiger partial charge in [0, 0.05) is 31.7 Å². The Labute approximate surface area is 182 Å². The highest BCUT2D eigenvalue weighted by Crippen LogP contribution is 2.20. The Bertz CT molecular complexity index is 645. The molecule has 1 aromatic rings. The number of likely N-dealkylation sites (N-methyl/N-ethyl adjacent to an activating group) is 1. The largest absolute Gasteiger partial charge is 0.550 e. The smallest absolute Gasteiger partial charge is 0.306 e. The molecule has 0 aliphatic rings. The quantitative estimate of drug-likeness (QED) is 0.231. The third kappa shape index (κ3) is 12.0. The molecule has 0 saturated heterocycles. The second-order valence-electron chi connectivity index (χ2n) is 9.35. The van der Waals surface area contributed by atoms with E-state index in [9.17, 15) is 14.7 Å². The lowest BCUT2D eigenvalue weighted by atomic mass is 10.1. The van der Waals surface area contributed by atoms with E-state index in [-0.39, 0.29) is 12.4 Å². The van der Waals surface area contributed by atoms with E-state index < -0.39 is 12.1 Å². The SMILES string of the molecule is CCCCCc1cc(C)c(CCCCCCC(=O)OC(CC(=O)[O-])C[N+](C)(C)C)o1. The summed E-state index contributed by atoms with van der Waals surface area (Å²) >= 11 is 0. The molecule has 0 saturated carbocycles. The minimum Gasteiger partial charge on any atom is -0.550 e.